The number of aryl methyl sites for hydroxylation is 1. The molecule has 3 aromatic carbocycles. The molecule has 7 nitrogen and oxygen atoms in total. The van der Waals surface area contributed by atoms with Gasteiger partial charge in [-0.2, -0.15) is 0 Å². The van der Waals surface area contributed by atoms with Gasteiger partial charge in [0.25, 0.3) is 10.0 Å². The van der Waals surface area contributed by atoms with Crippen LogP contribution in [0.4, 0.5) is 5.69 Å². The number of rotatable bonds is 7. The third-order valence-electron chi connectivity index (χ3n) is 4.28. The number of nitrogens with zero attached hydrogens (tertiary/aromatic N) is 1. The number of hydrogen-bond donors (Lipinski definition) is 1. The Balaban J connectivity index is 1.73. The first-order valence-electron chi connectivity index (χ1n) is 8.98. The molecule has 3 aromatic rings. The van der Waals surface area contributed by atoms with Crippen LogP contribution in [0.25, 0.3) is 0 Å². The summed E-state index contributed by atoms with van der Waals surface area (Å²) in [5.74, 6) is 1.25. The number of hydrogen-bond acceptors (Lipinski definition) is 5. The third kappa shape index (κ3) is 4.99. The molecule has 0 saturated carbocycles. The van der Waals surface area contributed by atoms with Crippen LogP contribution in [0, 0.1) is 6.92 Å². The van der Waals surface area contributed by atoms with Crippen molar-refractivity contribution < 1.29 is 21.6 Å². The highest BCUT2D eigenvalue weighted by Gasteiger charge is 2.19. The molecule has 158 valence electrons. The first kappa shape index (κ1) is 21.8. The van der Waals surface area contributed by atoms with Crippen LogP contribution in [0.15, 0.2) is 82.6 Å². The first-order valence-corrected chi connectivity index (χ1v) is 11.9. The lowest BCUT2D eigenvalue weighted by Crippen LogP contribution is -2.22. The molecule has 0 aliphatic rings. The normalized spacial score (nSPS) is 12.0. The van der Waals surface area contributed by atoms with E-state index in [1.165, 1.54) is 38.4 Å². The zero-order valence-electron chi connectivity index (χ0n) is 16.7. The summed E-state index contributed by atoms with van der Waals surface area (Å²) in [5, 5.41) is 0. The standard InChI is InChI=1S/C21H22N2O5S2/c1-16-4-8-18(9-5-16)28-19-10-6-17(7-11-19)22-29(24,25)20-12-14-21(15-13-20)30(26,27)23(2)3/h4-15,22H,1-3H3. The molecule has 0 fully saturated rings. The van der Waals surface area contributed by atoms with Gasteiger partial charge in [0.15, 0.2) is 0 Å². The molecule has 0 radical (unpaired) electrons. The highest BCUT2D eigenvalue weighted by Crippen LogP contribution is 2.25. The van der Waals surface area contributed by atoms with Gasteiger partial charge in [-0.3, -0.25) is 4.72 Å². The Morgan fingerprint density at radius 3 is 1.67 bits per heavy atom. The fourth-order valence-corrected chi connectivity index (χ4v) is 4.51. The third-order valence-corrected chi connectivity index (χ3v) is 7.50. The monoisotopic (exact) mass is 446 g/mol. The summed E-state index contributed by atoms with van der Waals surface area (Å²) in [4.78, 5) is -0.0238. The predicted octanol–water partition coefficient (Wildman–Crippen LogP) is 3.84. The van der Waals surface area contributed by atoms with Crippen LogP contribution in [0.2, 0.25) is 0 Å². The van der Waals surface area contributed by atoms with Gasteiger partial charge in [0.1, 0.15) is 11.5 Å². The fraction of sp³-hybridized carbons (Fsp3) is 0.143. The Kier molecular flexibility index (Phi) is 6.16. The summed E-state index contributed by atoms with van der Waals surface area (Å²) >= 11 is 0. The van der Waals surface area contributed by atoms with Gasteiger partial charge in [-0.1, -0.05) is 17.7 Å². The van der Waals surface area contributed by atoms with Crippen molar-refractivity contribution in [2.24, 2.45) is 0 Å². The lowest BCUT2D eigenvalue weighted by atomic mass is 10.2. The molecule has 3 rings (SSSR count). The average molecular weight is 447 g/mol. The summed E-state index contributed by atoms with van der Waals surface area (Å²) in [5.41, 5.74) is 1.48. The molecule has 0 amide bonds. The summed E-state index contributed by atoms with van der Waals surface area (Å²) in [6, 6.07) is 19.1. The molecule has 0 spiro atoms. The van der Waals surface area contributed by atoms with E-state index in [2.05, 4.69) is 4.72 Å². The van der Waals surface area contributed by atoms with Crippen molar-refractivity contribution in [2.75, 3.05) is 18.8 Å². The van der Waals surface area contributed by atoms with Crippen molar-refractivity contribution in [2.45, 2.75) is 16.7 Å². The fourth-order valence-electron chi connectivity index (χ4n) is 2.55. The van der Waals surface area contributed by atoms with Crippen molar-refractivity contribution in [1.29, 1.82) is 0 Å². The van der Waals surface area contributed by atoms with Crippen molar-refractivity contribution >= 4 is 25.7 Å². The van der Waals surface area contributed by atoms with E-state index < -0.39 is 20.0 Å². The van der Waals surface area contributed by atoms with E-state index in [4.69, 9.17) is 4.74 Å². The Morgan fingerprint density at radius 1 is 0.700 bits per heavy atom. The lowest BCUT2D eigenvalue weighted by molar-refractivity contribution is 0.482. The van der Waals surface area contributed by atoms with Gasteiger partial charge >= 0.3 is 0 Å². The van der Waals surface area contributed by atoms with Crippen LogP contribution in [0.1, 0.15) is 5.56 Å². The molecule has 0 unspecified atom stereocenters. The summed E-state index contributed by atoms with van der Waals surface area (Å²) < 4.78 is 58.7. The molecule has 0 saturated heterocycles. The Bertz CT molecular complexity index is 1220. The largest absolute Gasteiger partial charge is 0.457 e. The predicted molar refractivity (Wildman–Crippen MR) is 116 cm³/mol. The van der Waals surface area contributed by atoms with Gasteiger partial charge in [0, 0.05) is 19.8 Å². The van der Waals surface area contributed by atoms with Crippen LogP contribution >= 0.6 is 0 Å². The molecular weight excluding hydrogens is 424 g/mol. The number of anilines is 1. The lowest BCUT2D eigenvalue weighted by Gasteiger charge is -2.12. The quantitative estimate of drug-likeness (QED) is 0.595. The second kappa shape index (κ2) is 8.47. The van der Waals surface area contributed by atoms with E-state index >= 15 is 0 Å². The molecule has 0 heterocycles. The Morgan fingerprint density at radius 2 is 1.17 bits per heavy atom. The topological polar surface area (TPSA) is 92.8 Å². The van der Waals surface area contributed by atoms with E-state index in [0.29, 0.717) is 17.2 Å². The molecule has 0 bridgehead atoms. The maximum absolute atomic E-state index is 12.6. The van der Waals surface area contributed by atoms with Crippen molar-refractivity contribution in [3.8, 4) is 11.5 Å². The van der Waals surface area contributed by atoms with Crippen molar-refractivity contribution in [3.05, 3.63) is 78.4 Å². The summed E-state index contributed by atoms with van der Waals surface area (Å²) in [6.07, 6.45) is 0. The van der Waals surface area contributed by atoms with Crippen molar-refractivity contribution in [1.82, 2.24) is 4.31 Å². The van der Waals surface area contributed by atoms with E-state index in [0.717, 1.165) is 9.87 Å². The van der Waals surface area contributed by atoms with Crippen LogP contribution in [0.3, 0.4) is 0 Å². The minimum absolute atomic E-state index is 0.0176. The number of ether oxygens (including phenoxy) is 1. The molecule has 9 heteroatoms. The van der Waals surface area contributed by atoms with E-state index in [-0.39, 0.29) is 9.79 Å². The van der Waals surface area contributed by atoms with Gasteiger partial charge in [0.2, 0.25) is 10.0 Å². The SMILES string of the molecule is Cc1ccc(Oc2ccc(NS(=O)(=O)c3ccc(S(=O)(=O)N(C)C)cc3)cc2)cc1. The van der Waals surface area contributed by atoms with Crippen molar-refractivity contribution in [3.63, 3.8) is 0 Å². The van der Waals surface area contributed by atoms with Gasteiger partial charge in [0.05, 0.1) is 9.79 Å². The van der Waals surface area contributed by atoms with Crippen LogP contribution in [-0.2, 0) is 20.0 Å². The number of nitrogens with one attached hydrogen (secondary N) is 1. The number of sulfonamides is 2. The second-order valence-electron chi connectivity index (χ2n) is 6.80. The van der Waals surface area contributed by atoms with Gasteiger partial charge in [-0.05, 0) is 67.6 Å². The zero-order chi connectivity index (χ0) is 21.9. The Labute approximate surface area is 177 Å². The molecule has 0 aliphatic heterocycles. The summed E-state index contributed by atoms with van der Waals surface area (Å²) in [7, 11) is -4.68. The van der Waals surface area contributed by atoms with E-state index in [9.17, 15) is 16.8 Å². The average Bonchev–Trinajstić information content (AvgIpc) is 2.71. The summed E-state index contributed by atoms with van der Waals surface area (Å²) in [6.45, 7) is 1.99. The maximum atomic E-state index is 12.6. The molecular formula is C21H22N2O5S2. The smallest absolute Gasteiger partial charge is 0.261 e. The highest BCUT2D eigenvalue weighted by atomic mass is 32.2. The molecule has 30 heavy (non-hydrogen) atoms. The highest BCUT2D eigenvalue weighted by molar-refractivity contribution is 7.92. The second-order valence-corrected chi connectivity index (χ2v) is 10.6. The minimum Gasteiger partial charge on any atom is -0.457 e. The zero-order valence-corrected chi connectivity index (χ0v) is 18.4. The van der Waals surface area contributed by atoms with E-state index in [1.807, 2.05) is 31.2 Å². The van der Waals surface area contributed by atoms with Gasteiger partial charge < -0.3 is 4.74 Å². The van der Waals surface area contributed by atoms with Gasteiger partial charge in [-0.25, -0.2) is 21.1 Å². The van der Waals surface area contributed by atoms with E-state index in [1.54, 1.807) is 24.3 Å². The van der Waals surface area contributed by atoms with Gasteiger partial charge in [-0.15, -0.1) is 0 Å². The Hall–Kier alpha value is -2.88. The molecule has 1 N–H and O–H groups in total. The number of benzene rings is 3. The molecule has 0 aliphatic carbocycles. The van der Waals surface area contributed by atoms with Crippen LogP contribution in [-0.4, -0.2) is 35.2 Å². The molecule has 0 aromatic heterocycles. The maximum Gasteiger partial charge on any atom is 0.261 e. The first-order chi connectivity index (χ1) is 14.1. The molecule has 0 atom stereocenters. The minimum atomic E-state index is -3.87. The van der Waals surface area contributed by atoms with Crippen LogP contribution < -0.4 is 9.46 Å². The van der Waals surface area contributed by atoms with Crippen LogP contribution in [0.5, 0.6) is 11.5 Å².